The Morgan fingerprint density at radius 1 is 0.417 bits per heavy atom. The van der Waals surface area contributed by atoms with Crippen molar-refractivity contribution in [1.82, 2.24) is 29.7 Å². The van der Waals surface area contributed by atoms with Gasteiger partial charge in [-0.1, -0.05) is 64.8 Å². The van der Waals surface area contributed by atoms with Gasteiger partial charge in [0, 0.05) is 51.4 Å². The van der Waals surface area contributed by atoms with E-state index in [4.69, 9.17) is 28.4 Å². The van der Waals surface area contributed by atoms with Crippen molar-refractivity contribution in [3.63, 3.8) is 0 Å². The second-order valence-corrected chi connectivity index (χ2v) is 13.0. The van der Waals surface area contributed by atoms with Gasteiger partial charge in [-0.3, -0.25) is 0 Å². The zero-order chi connectivity index (χ0) is 44.4. The minimum Gasteiger partial charge on any atom is -0.491 e. The van der Waals surface area contributed by atoms with E-state index in [1.54, 1.807) is 0 Å². The molecule has 336 valence electrons. The van der Waals surface area contributed by atoms with Gasteiger partial charge in [-0.15, -0.1) is 0 Å². The van der Waals surface area contributed by atoms with E-state index >= 15 is 0 Å². The lowest BCUT2D eigenvalue weighted by atomic mass is 10.2. The monoisotopic (exact) mass is 850 g/mol. The number of nitrogens with zero attached hydrogens (tertiary/aromatic N) is 3. The van der Waals surface area contributed by atoms with Crippen molar-refractivity contribution in [3.8, 4) is 0 Å². The lowest BCUT2D eigenvalue weighted by molar-refractivity contribution is -0.139. The fraction of sp³-hybridized carbons (Fsp3) is 0.600. The summed E-state index contributed by atoms with van der Waals surface area (Å²) in [4.78, 5) is 97.9. The fourth-order valence-corrected chi connectivity index (χ4v) is 5.26. The standard InChI is InChI=1S/C40H62N6O14/c1-5-32(4)55-26-29-58-35(49)41-20-14-8-11-17-23-44-38(52)45(24-18-12-9-15-21-42-36(50)59-30-27-56-33(47)6-2)40(54)46(39(44)53)25-19-13-10-16-22-43-37(51)60-31-28-57-34(48)7-3/h5-7H,1-4,8-31H2,(H,41,49)(H,42,50)(H,43,51). The number of aromatic nitrogens is 3. The van der Waals surface area contributed by atoms with Crippen molar-refractivity contribution >= 4 is 30.2 Å². The van der Waals surface area contributed by atoms with Gasteiger partial charge in [0.25, 0.3) is 0 Å². The van der Waals surface area contributed by atoms with Crippen LogP contribution < -0.4 is 33.0 Å². The van der Waals surface area contributed by atoms with Crippen molar-refractivity contribution in [3.05, 3.63) is 81.8 Å². The van der Waals surface area contributed by atoms with E-state index < -0.39 is 47.3 Å². The molecule has 1 rings (SSSR count). The van der Waals surface area contributed by atoms with Gasteiger partial charge in [-0.05, 0) is 44.6 Å². The number of esters is 2. The van der Waals surface area contributed by atoms with E-state index in [-0.39, 0.29) is 59.3 Å². The second-order valence-electron chi connectivity index (χ2n) is 13.0. The van der Waals surface area contributed by atoms with E-state index in [1.807, 2.05) is 0 Å². The van der Waals surface area contributed by atoms with Gasteiger partial charge in [0.15, 0.2) is 0 Å². The molecule has 3 amide bonds. The van der Waals surface area contributed by atoms with Crippen LogP contribution in [0.5, 0.6) is 0 Å². The van der Waals surface area contributed by atoms with Crippen LogP contribution >= 0.6 is 0 Å². The number of allylic oxidation sites excluding steroid dienone is 1. The van der Waals surface area contributed by atoms with Gasteiger partial charge >= 0.3 is 47.3 Å². The number of hydrogen-bond donors (Lipinski definition) is 3. The number of carbonyl (C=O) groups excluding carboxylic acids is 5. The Balaban J connectivity index is 2.67. The molecule has 0 bridgehead atoms. The Labute approximate surface area is 349 Å². The molecule has 1 aromatic heterocycles. The molecule has 20 nitrogen and oxygen atoms in total. The molecule has 60 heavy (non-hydrogen) atoms. The summed E-state index contributed by atoms with van der Waals surface area (Å²) in [5.41, 5.74) is -2.03. The lowest BCUT2D eigenvalue weighted by Gasteiger charge is -2.14. The number of rotatable bonds is 34. The Bertz CT molecular complexity index is 1490. The summed E-state index contributed by atoms with van der Waals surface area (Å²) >= 11 is 0. The first-order valence-electron chi connectivity index (χ1n) is 20.1. The second kappa shape index (κ2) is 32.8. The van der Waals surface area contributed by atoms with E-state index in [9.17, 15) is 38.4 Å². The van der Waals surface area contributed by atoms with Crippen LogP contribution in [0.3, 0.4) is 0 Å². The maximum Gasteiger partial charge on any atom is 0.407 e. The molecule has 0 aliphatic heterocycles. The van der Waals surface area contributed by atoms with E-state index in [2.05, 4.69) is 42.3 Å². The molecule has 0 atom stereocenters. The molecule has 0 saturated heterocycles. The van der Waals surface area contributed by atoms with Crippen LogP contribution in [0, 0.1) is 0 Å². The summed E-state index contributed by atoms with van der Waals surface area (Å²) in [5, 5.41) is 7.86. The van der Waals surface area contributed by atoms with Gasteiger partial charge in [-0.25, -0.2) is 52.1 Å². The molecule has 0 aliphatic rings. The third-order valence-electron chi connectivity index (χ3n) is 8.41. The Hall–Kier alpha value is -6.08. The molecule has 0 aromatic carbocycles. The van der Waals surface area contributed by atoms with Gasteiger partial charge < -0.3 is 44.4 Å². The summed E-state index contributed by atoms with van der Waals surface area (Å²) < 4.78 is 32.8. The number of unbranched alkanes of at least 4 members (excludes halogenated alkanes) is 9. The number of carbonyl (C=O) groups is 5. The van der Waals surface area contributed by atoms with Crippen molar-refractivity contribution < 1.29 is 52.4 Å². The molecule has 1 heterocycles. The number of nitrogens with one attached hydrogen (secondary N) is 3. The number of alkyl carbamates (subject to hydrolysis) is 3. The van der Waals surface area contributed by atoms with E-state index in [0.717, 1.165) is 25.9 Å². The highest BCUT2D eigenvalue weighted by Crippen LogP contribution is 2.04. The van der Waals surface area contributed by atoms with Crippen LogP contribution in [-0.2, 0) is 57.6 Å². The first kappa shape index (κ1) is 51.9. The summed E-state index contributed by atoms with van der Waals surface area (Å²) in [7, 11) is 0. The average molecular weight is 851 g/mol. The summed E-state index contributed by atoms with van der Waals surface area (Å²) in [5.74, 6) is -0.848. The normalized spacial score (nSPS) is 10.4. The van der Waals surface area contributed by atoms with Gasteiger partial charge in [0.05, 0.1) is 0 Å². The molecule has 0 aliphatic carbocycles. The van der Waals surface area contributed by atoms with Gasteiger partial charge in [0.1, 0.15) is 45.4 Å². The number of amides is 3. The summed E-state index contributed by atoms with van der Waals surface area (Å²) in [6, 6.07) is 0. The number of hydrogen-bond acceptors (Lipinski definition) is 14. The molecule has 20 heteroatoms. The zero-order valence-electron chi connectivity index (χ0n) is 34.6. The molecular weight excluding hydrogens is 788 g/mol. The highest BCUT2D eigenvalue weighted by atomic mass is 16.6. The van der Waals surface area contributed by atoms with Crippen LogP contribution in [0.1, 0.15) is 77.0 Å². The maximum absolute atomic E-state index is 13.5. The zero-order valence-corrected chi connectivity index (χ0v) is 34.6. The first-order chi connectivity index (χ1) is 28.9. The molecule has 0 unspecified atom stereocenters. The maximum atomic E-state index is 13.5. The van der Waals surface area contributed by atoms with Crippen LogP contribution in [-0.4, -0.2) is 103 Å². The van der Waals surface area contributed by atoms with E-state index in [0.29, 0.717) is 102 Å². The minimum absolute atomic E-state index is 0.0543. The van der Waals surface area contributed by atoms with Crippen molar-refractivity contribution in [2.24, 2.45) is 0 Å². The van der Waals surface area contributed by atoms with Crippen LogP contribution in [0.25, 0.3) is 0 Å². The first-order valence-corrected chi connectivity index (χ1v) is 20.1. The SMILES string of the molecule is C=CC(=C)OCCOC(=O)NCCCCCCn1c(=O)n(CCCCCCNC(=O)OCCOC(=O)C=C)c(=O)n(CCCCCCNC(=O)OCCOC(=O)C=C)c1=O. The van der Waals surface area contributed by atoms with E-state index in [1.165, 1.54) is 6.08 Å². The average Bonchev–Trinajstić information content (AvgIpc) is 3.24. The van der Waals surface area contributed by atoms with Gasteiger partial charge in [0.2, 0.25) is 0 Å². The van der Waals surface area contributed by atoms with Crippen LogP contribution in [0.4, 0.5) is 14.4 Å². The Morgan fingerprint density at radius 3 is 1.00 bits per heavy atom. The van der Waals surface area contributed by atoms with Crippen molar-refractivity contribution in [2.75, 3.05) is 59.3 Å². The topological polar surface area (TPSA) is 243 Å². The summed E-state index contributed by atoms with van der Waals surface area (Å²) in [6.45, 7) is 14.9. The molecule has 0 saturated carbocycles. The Morgan fingerprint density at radius 2 is 0.700 bits per heavy atom. The lowest BCUT2D eigenvalue weighted by Crippen LogP contribution is -2.54. The smallest absolute Gasteiger partial charge is 0.407 e. The quantitative estimate of drug-likeness (QED) is 0.0225. The molecule has 3 N–H and O–H groups in total. The van der Waals surface area contributed by atoms with Gasteiger partial charge in [-0.2, -0.15) is 0 Å². The van der Waals surface area contributed by atoms with Crippen molar-refractivity contribution in [2.45, 2.75) is 96.7 Å². The van der Waals surface area contributed by atoms with Crippen molar-refractivity contribution in [1.29, 1.82) is 0 Å². The predicted molar refractivity (Wildman–Crippen MR) is 220 cm³/mol. The fourth-order valence-electron chi connectivity index (χ4n) is 5.26. The third-order valence-corrected chi connectivity index (χ3v) is 8.41. The molecular formula is C40H62N6O14. The van der Waals surface area contributed by atoms with Crippen LogP contribution in [0.15, 0.2) is 64.7 Å². The highest BCUT2D eigenvalue weighted by molar-refractivity contribution is 5.81. The van der Waals surface area contributed by atoms with Crippen LogP contribution in [0.2, 0.25) is 0 Å². The minimum atomic E-state index is -0.678. The predicted octanol–water partition coefficient (Wildman–Crippen LogP) is 3.21. The molecule has 0 radical (unpaired) electrons. The summed E-state index contributed by atoms with van der Waals surface area (Å²) in [6.07, 6.45) is 8.94. The largest absolute Gasteiger partial charge is 0.491 e. The molecule has 0 spiro atoms. The molecule has 1 aromatic rings. The number of ether oxygens (including phenoxy) is 6. The Kier molecular flexibility index (Phi) is 28.4. The molecule has 0 fully saturated rings. The highest BCUT2D eigenvalue weighted by Gasteiger charge is 2.15. The third kappa shape index (κ3) is 24.0.